The molecule has 8 heteroatoms. The minimum Gasteiger partial charge on any atom is -0.264 e. The smallest absolute Gasteiger partial charge is 0.263 e. The topological polar surface area (TPSA) is 87.8 Å². The Balaban J connectivity index is 2.39. The molecule has 0 amide bonds. The molecular formula is C12H11ClN4O2S. The van der Waals surface area contributed by atoms with Crippen LogP contribution in [0.15, 0.2) is 29.2 Å². The second-order valence-corrected chi connectivity index (χ2v) is 6.24. The molecule has 104 valence electrons. The summed E-state index contributed by atoms with van der Waals surface area (Å²) < 4.78 is 28.3. The number of halogens is 1. The van der Waals surface area contributed by atoms with E-state index in [-0.39, 0.29) is 15.5 Å². The number of rotatable bonds is 3. The number of aryl methyl sites for hydroxylation is 2. The summed E-state index contributed by atoms with van der Waals surface area (Å²) in [5.41, 5.74) is 0.921. The summed E-state index contributed by atoms with van der Waals surface area (Å²) in [6, 6.07) is 7.43. The Morgan fingerprint density at radius 1 is 1.40 bits per heavy atom. The van der Waals surface area contributed by atoms with E-state index >= 15 is 0 Å². The van der Waals surface area contributed by atoms with Crippen LogP contribution in [0.2, 0.25) is 5.02 Å². The van der Waals surface area contributed by atoms with Crippen LogP contribution in [0.5, 0.6) is 0 Å². The summed E-state index contributed by atoms with van der Waals surface area (Å²) in [4.78, 5) is -0.0136. The molecule has 0 aliphatic carbocycles. The maximum absolute atomic E-state index is 12.2. The first-order valence-corrected chi connectivity index (χ1v) is 7.43. The van der Waals surface area contributed by atoms with Crippen LogP contribution in [-0.2, 0) is 17.1 Å². The van der Waals surface area contributed by atoms with Gasteiger partial charge < -0.3 is 0 Å². The predicted molar refractivity (Wildman–Crippen MR) is 74.9 cm³/mol. The maximum atomic E-state index is 12.2. The number of nitriles is 1. The van der Waals surface area contributed by atoms with E-state index < -0.39 is 10.0 Å². The minimum atomic E-state index is -3.77. The summed E-state index contributed by atoms with van der Waals surface area (Å²) in [5.74, 6) is 0.350. The minimum absolute atomic E-state index is 0.0136. The van der Waals surface area contributed by atoms with Gasteiger partial charge in [-0.15, -0.1) is 0 Å². The lowest BCUT2D eigenvalue weighted by Gasteiger charge is -2.08. The van der Waals surface area contributed by atoms with Crippen LogP contribution < -0.4 is 4.72 Å². The maximum Gasteiger partial charge on any atom is 0.263 e. The molecule has 0 unspecified atom stereocenters. The van der Waals surface area contributed by atoms with Gasteiger partial charge in [0, 0.05) is 13.1 Å². The lowest BCUT2D eigenvalue weighted by Crippen LogP contribution is -2.15. The van der Waals surface area contributed by atoms with Gasteiger partial charge in [-0.2, -0.15) is 10.4 Å². The van der Waals surface area contributed by atoms with E-state index in [9.17, 15) is 8.42 Å². The zero-order valence-corrected chi connectivity index (χ0v) is 12.3. The Labute approximate surface area is 121 Å². The van der Waals surface area contributed by atoms with Gasteiger partial charge in [-0.1, -0.05) is 11.6 Å². The number of nitrogens with zero attached hydrogens (tertiary/aromatic N) is 3. The first-order chi connectivity index (χ1) is 9.33. The molecule has 1 aromatic heterocycles. The summed E-state index contributed by atoms with van der Waals surface area (Å²) in [6.45, 7) is 1.76. The van der Waals surface area contributed by atoms with E-state index in [4.69, 9.17) is 16.9 Å². The molecule has 1 N–H and O–H groups in total. The van der Waals surface area contributed by atoms with E-state index in [1.165, 1.54) is 22.9 Å². The highest BCUT2D eigenvalue weighted by atomic mass is 35.5. The van der Waals surface area contributed by atoms with Gasteiger partial charge >= 0.3 is 0 Å². The third kappa shape index (κ3) is 2.76. The molecular weight excluding hydrogens is 300 g/mol. The number of benzene rings is 1. The van der Waals surface area contributed by atoms with E-state index in [0.29, 0.717) is 11.5 Å². The van der Waals surface area contributed by atoms with Crippen molar-refractivity contribution in [1.29, 1.82) is 5.26 Å². The number of aromatic nitrogens is 2. The predicted octanol–water partition coefficient (Wildman–Crippen LogP) is 2.05. The summed E-state index contributed by atoms with van der Waals surface area (Å²) >= 11 is 5.84. The monoisotopic (exact) mass is 310 g/mol. The van der Waals surface area contributed by atoms with E-state index in [2.05, 4.69) is 9.82 Å². The highest BCUT2D eigenvalue weighted by Crippen LogP contribution is 2.22. The normalized spacial score (nSPS) is 11.1. The van der Waals surface area contributed by atoms with Crippen LogP contribution >= 0.6 is 11.6 Å². The van der Waals surface area contributed by atoms with Crippen molar-refractivity contribution in [3.05, 3.63) is 40.5 Å². The molecule has 0 aliphatic heterocycles. The average Bonchev–Trinajstić information content (AvgIpc) is 2.67. The second kappa shape index (κ2) is 5.15. The molecule has 0 fully saturated rings. The number of hydrogen-bond donors (Lipinski definition) is 1. The fourth-order valence-corrected chi connectivity index (χ4v) is 3.05. The van der Waals surface area contributed by atoms with Crippen molar-refractivity contribution < 1.29 is 8.42 Å². The molecule has 0 saturated carbocycles. The lowest BCUT2D eigenvalue weighted by molar-refractivity contribution is 0.600. The highest BCUT2D eigenvalue weighted by Gasteiger charge is 2.17. The van der Waals surface area contributed by atoms with Crippen LogP contribution in [0, 0.1) is 18.3 Å². The summed E-state index contributed by atoms with van der Waals surface area (Å²) in [6.07, 6.45) is 0. The summed E-state index contributed by atoms with van der Waals surface area (Å²) in [7, 11) is -2.14. The van der Waals surface area contributed by atoms with Crippen LogP contribution in [0.25, 0.3) is 0 Å². The molecule has 1 heterocycles. The van der Waals surface area contributed by atoms with Gasteiger partial charge in [-0.05, 0) is 25.1 Å². The van der Waals surface area contributed by atoms with E-state index in [1.807, 2.05) is 6.07 Å². The van der Waals surface area contributed by atoms with E-state index in [1.54, 1.807) is 20.0 Å². The Hall–Kier alpha value is -2.04. The molecule has 0 atom stereocenters. The van der Waals surface area contributed by atoms with Gasteiger partial charge in [0.05, 0.1) is 21.2 Å². The molecule has 1 aromatic carbocycles. The third-order valence-electron chi connectivity index (χ3n) is 2.61. The second-order valence-electron chi connectivity index (χ2n) is 4.15. The SMILES string of the molecule is Cc1cc(NS(=O)(=O)c2ccc(C#N)c(Cl)c2)n(C)n1. The van der Waals surface area contributed by atoms with Gasteiger partial charge in [0.15, 0.2) is 0 Å². The van der Waals surface area contributed by atoms with Crippen molar-refractivity contribution >= 4 is 27.4 Å². The lowest BCUT2D eigenvalue weighted by atomic mass is 10.2. The van der Waals surface area contributed by atoms with Crippen molar-refractivity contribution in [3.8, 4) is 6.07 Å². The number of anilines is 1. The van der Waals surface area contributed by atoms with E-state index in [0.717, 1.165) is 0 Å². The zero-order valence-electron chi connectivity index (χ0n) is 10.8. The fourth-order valence-electron chi connectivity index (χ4n) is 1.66. The van der Waals surface area contributed by atoms with Gasteiger partial charge in [-0.3, -0.25) is 9.40 Å². The van der Waals surface area contributed by atoms with Crippen LogP contribution in [-0.4, -0.2) is 18.2 Å². The fraction of sp³-hybridized carbons (Fsp3) is 0.167. The highest BCUT2D eigenvalue weighted by molar-refractivity contribution is 7.92. The van der Waals surface area contributed by atoms with Crippen molar-refractivity contribution in [2.45, 2.75) is 11.8 Å². The Morgan fingerprint density at radius 2 is 2.10 bits per heavy atom. The average molecular weight is 311 g/mol. The third-order valence-corrected chi connectivity index (χ3v) is 4.28. The largest absolute Gasteiger partial charge is 0.264 e. The molecule has 2 aromatic rings. The summed E-state index contributed by atoms with van der Waals surface area (Å²) in [5, 5.41) is 12.9. The Bertz CT molecular complexity index is 805. The van der Waals surface area contributed by atoms with Crippen molar-refractivity contribution in [3.63, 3.8) is 0 Å². The number of nitrogens with one attached hydrogen (secondary N) is 1. The first kappa shape index (κ1) is 14.4. The van der Waals surface area contributed by atoms with Gasteiger partial charge in [0.25, 0.3) is 10.0 Å². The molecule has 0 radical (unpaired) electrons. The Morgan fingerprint density at radius 3 is 2.60 bits per heavy atom. The van der Waals surface area contributed by atoms with Crippen molar-refractivity contribution in [1.82, 2.24) is 9.78 Å². The van der Waals surface area contributed by atoms with Crippen LogP contribution in [0.3, 0.4) is 0 Å². The van der Waals surface area contributed by atoms with Gasteiger partial charge in [-0.25, -0.2) is 8.42 Å². The standard InChI is InChI=1S/C12H11ClN4O2S/c1-8-5-12(17(2)15-8)16-20(18,19)10-4-3-9(7-14)11(13)6-10/h3-6,16H,1-2H3. The van der Waals surface area contributed by atoms with Gasteiger partial charge in [0.2, 0.25) is 0 Å². The van der Waals surface area contributed by atoms with Crippen molar-refractivity contribution in [2.24, 2.45) is 7.05 Å². The molecule has 0 aliphatic rings. The quantitative estimate of drug-likeness (QED) is 0.939. The molecule has 0 bridgehead atoms. The molecule has 6 nitrogen and oxygen atoms in total. The molecule has 20 heavy (non-hydrogen) atoms. The Kier molecular flexibility index (Phi) is 3.70. The molecule has 0 spiro atoms. The number of sulfonamides is 1. The van der Waals surface area contributed by atoms with Crippen LogP contribution in [0.4, 0.5) is 5.82 Å². The molecule has 2 rings (SSSR count). The van der Waals surface area contributed by atoms with Gasteiger partial charge in [0.1, 0.15) is 11.9 Å². The zero-order chi connectivity index (χ0) is 14.9. The number of hydrogen-bond acceptors (Lipinski definition) is 4. The molecule has 0 saturated heterocycles. The van der Waals surface area contributed by atoms with Crippen LogP contribution in [0.1, 0.15) is 11.3 Å². The first-order valence-electron chi connectivity index (χ1n) is 5.56. The van der Waals surface area contributed by atoms with Crippen molar-refractivity contribution in [2.75, 3.05) is 4.72 Å².